The second-order valence-electron chi connectivity index (χ2n) is 5.55. The van der Waals surface area contributed by atoms with E-state index in [1.54, 1.807) is 10.8 Å². The molecule has 22 heavy (non-hydrogen) atoms. The first-order valence-electron chi connectivity index (χ1n) is 7.31. The summed E-state index contributed by atoms with van der Waals surface area (Å²) in [7, 11) is 0. The lowest BCUT2D eigenvalue weighted by molar-refractivity contribution is 0.198. The maximum Gasteiger partial charge on any atom is 0.331 e. The molecule has 112 valence electrons. The molecule has 1 aliphatic rings. The van der Waals surface area contributed by atoms with Gasteiger partial charge in [-0.15, -0.1) is 0 Å². The third-order valence-electron chi connectivity index (χ3n) is 4.07. The summed E-state index contributed by atoms with van der Waals surface area (Å²) < 4.78 is 1.62. The van der Waals surface area contributed by atoms with Gasteiger partial charge >= 0.3 is 5.69 Å². The fourth-order valence-corrected chi connectivity index (χ4v) is 2.96. The van der Waals surface area contributed by atoms with Crippen molar-refractivity contribution in [3.8, 4) is 5.69 Å². The van der Waals surface area contributed by atoms with Crippen LogP contribution >= 0.6 is 0 Å². The minimum atomic E-state index is -0.280. The number of aromatic nitrogens is 3. The van der Waals surface area contributed by atoms with Crippen molar-refractivity contribution in [3.63, 3.8) is 0 Å². The number of rotatable bonds is 2. The van der Waals surface area contributed by atoms with Crippen molar-refractivity contribution >= 4 is 16.9 Å². The molecule has 0 spiro atoms. The van der Waals surface area contributed by atoms with Crippen LogP contribution in [0.2, 0.25) is 0 Å². The maximum atomic E-state index is 12.2. The molecule has 0 radical (unpaired) electrons. The Hall–Kier alpha value is -2.60. The highest BCUT2D eigenvalue weighted by atomic mass is 16.3. The van der Waals surface area contributed by atoms with Crippen molar-refractivity contribution in [2.75, 3.05) is 18.0 Å². The largest absolute Gasteiger partial charge is 0.391 e. The lowest BCUT2D eigenvalue weighted by Gasteiger charge is -2.16. The Kier molecular flexibility index (Phi) is 2.97. The van der Waals surface area contributed by atoms with Gasteiger partial charge in [0.05, 0.1) is 29.0 Å². The first-order valence-corrected chi connectivity index (χ1v) is 7.31. The number of fused-ring (bicyclic) bond motifs is 1. The minimum Gasteiger partial charge on any atom is -0.391 e. The molecule has 1 aliphatic heterocycles. The van der Waals surface area contributed by atoms with E-state index in [1.807, 2.05) is 41.3 Å². The van der Waals surface area contributed by atoms with Gasteiger partial charge < -0.3 is 15.0 Å². The van der Waals surface area contributed by atoms with Crippen molar-refractivity contribution in [3.05, 3.63) is 53.1 Å². The summed E-state index contributed by atoms with van der Waals surface area (Å²) in [5.74, 6) is 0.827. The number of aliphatic hydroxyl groups is 1. The van der Waals surface area contributed by atoms with Crippen molar-refractivity contribution in [2.24, 2.45) is 0 Å². The average Bonchev–Trinajstić information content (AvgIpc) is 3.10. The topological polar surface area (TPSA) is 74.2 Å². The van der Waals surface area contributed by atoms with Crippen LogP contribution in [0.15, 0.2) is 47.4 Å². The number of anilines is 1. The van der Waals surface area contributed by atoms with Gasteiger partial charge in [0.2, 0.25) is 0 Å². The highest BCUT2D eigenvalue weighted by Crippen LogP contribution is 2.20. The molecule has 2 aromatic heterocycles. The number of aliphatic hydroxyl groups excluding tert-OH is 1. The maximum absolute atomic E-state index is 12.2. The van der Waals surface area contributed by atoms with E-state index >= 15 is 0 Å². The van der Waals surface area contributed by atoms with Crippen molar-refractivity contribution in [1.29, 1.82) is 0 Å². The van der Waals surface area contributed by atoms with Gasteiger partial charge in [0.1, 0.15) is 5.82 Å². The summed E-state index contributed by atoms with van der Waals surface area (Å²) in [6.07, 6.45) is 2.19. The normalized spacial score (nSPS) is 18.2. The van der Waals surface area contributed by atoms with E-state index in [-0.39, 0.29) is 11.8 Å². The molecular formula is C16H16N4O2. The number of β-amino-alcohol motifs (C(OH)–C–C–N with tert-alkyl or cyclic N) is 1. The zero-order valence-electron chi connectivity index (χ0n) is 11.9. The fraction of sp³-hybridized carbons (Fsp3) is 0.250. The van der Waals surface area contributed by atoms with Crippen LogP contribution in [0.25, 0.3) is 16.7 Å². The number of nitrogens with one attached hydrogen (secondary N) is 1. The number of hydrogen-bond donors (Lipinski definition) is 2. The van der Waals surface area contributed by atoms with Gasteiger partial charge in [-0.2, -0.15) is 0 Å². The molecule has 1 atom stereocenters. The molecule has 2 N–H and O–H groups in total. The molecule has 1 fully saturated rings. The van der Waals surface area contributed by atoms with Crippen LogP contribution in [-0.4, -0.2) is 38.8 Å². The Morgan fingerprint density at radius 1 is 1.23 bits per heavy atom. The monoisotopic (exact) mass is 296 g/mol. The van der Waals surface area contributed by atoms with Crippen LogP contribution in [0.4, 0.5) is 5.82 Å². The Labute approximate surface area is 126 Å². The number of pyridine rings is 1. The van der Waals surface area contributed by atoms with Crippen LogP contribution in [0.1, 0.15) is 6.42 Å². The lowest BCUT2D eigenvalue weighted by Crippen LogP contribution is -2.22. The summed E-state index contributed by atoms with van der Waals surface area (Å²) in [6, 6.07) is 11.3. The molecule has 0 bridgehead atoms. The van der Waals surface area contributed by atoms with Crippen LogP contribution in [0.3, 0.4) is 0 Å². The highest BCUT2D eigenvalue weighted by molar-refractivity contribution is 5.77. The van der Waals surface area contributed by atoms with Crippen LogP contribution < -0.4 is 10.6 Å². The molecule has 6 nitrogen and oxygen atoms in total. The van der Waals surface area contributed by atoms with Gasteiger partial charge in [0.15, 0.2) is 0 Å². The summed E-state index contributed by atoms with van der Waals surface area (Å²) in [5.41, 5.74) is 2.19. The molecule has 0 aliphatic carbocycles. The second-order valence-corrected chi connectivity index (χ2v) is 5.55. The van der Waals surface area contributed by atoms with Crippen molar-refractivity contribution < 1.29 is 5.11 Å². The first-order chi connectivity index (χ1) is 10.7. The molecule has 0 unspecified atom stereocenters. The number of hydrogen-bond acceptors (Lipinski definition) is 4. The summed E-state index contributed by atoms with van der Waals surface area (Å²) in [5, 5.41) is 9.60. The molecule has 1 saturated heterocycles. The number of benzene rings is 1. The zero-order chi connectivity index (χ0) is 15.1. The number of para-hydroxylation sites is 2. The standard InChI is InChI=1S/C16H16N4O2/c21-12-7-8-19(10-12)15-6-5-11(9-17-15)20-14-4-2-1-3-13(14)18-16(20)22/h1-6,9,12,21H,7-8,10H2,(H,18,22)/t12-/m1/s1. The van der Waals surface area contributed by atoms with Crippen molar-refractivity contribution in [1.82, 2.24) is 14.5 Å². The Bertz CT molecular complexity index is 866. The van der Waals surface area contributed by atoms with Crippen LogP contribution in [-0.2, 0) is 0 Å². The number of H-pyrrole nitrogens is 1. The molecule has 1 aromatic carbocycles. The molecule has 3 aromatic rings. The van der Waals surface area contributed by atoms with Gasteiger partial charge in [0.25, 0.3) is 0 Å². The van der Waals surface area contributed by atoms with Crippen molar-refractivity contribution in [2.45, 2.75) is 12.5 Å². The van der Waals surface area contributed by atoms with Gasteiger partial charge in [0, 0.05) is 13.1 Å². The smallest absolute Gasteiger partial charge is 0.331 e. The Morgan fingerprint density at radius 2 is 2.09 bits per heavy atom. The van der Waals surface area contributed by atoms with E-state index in [2.05, 4.69) is 9.97 Å². The van der Waals surface area contributed by atoms with E-state index in [9.17, 15) is 9.90 Å². The summed E-state index contributed by atoms with van der Waals surface area (Å²) in [6.45, 7) is 1.42. The van der Waals surface area contributed by atoms with Gasteiger partial charge in [-0.1, -0.05) is 12.1 Å². The second kappa shape index (κ2) is 4.99. The third kappa shape index (κ3) is 2.08. The quantitative estimate of drug-likeness (QED) is 0.747. The Morgan fingerprint density at radius 3 is 2.82 bits per heavy atom. The van der Waals surface area contributed by atoms with E-state index in [0.717, 1.165) is 35.5 Å². The number of imidazole rings is 1. The number of nitrogens with zero attached hydrogens (tertiary/aromatic N) is 3. The van der Waals surface area contributed by atoms with Gasteiger partial charge in [-0.05, 0) is 30.7 Å². The minimum absolute atomic E-state index is 0.174. The molecule has 4 rings (SSSR count). The molecular weight excluding hydrogens is 280 g/mol. The van der Waals surface area contributed by atoms with Crippen LogP contribution in [0.5, 0.6) is 0 Å². The van der Waals surface area contributed by atoms with E-state index < -0.39 is 0 Å². The predicted molar refractivity (Wildman–Crippen MR) is 84.5 cm³/mol. The SMILES string of the molecule is O=c1[nH]c2ccccc2n1-c1ccc(N2CC[C@@H](O)C2)nc1. The Balaban J connectivity index is 1.73. The van der Waals surface area contributed by atoms with Gasteiger partial charge in [-0.25, -0.2) is 9.78 Å². The van der Waals surface area contributed by atoms with E-state index in [1.165, 1.54) is 0 Å². The summed E-state index contributed by atoms with van der Waals surface area (Å²) >= 11 is 0. The molecule has 0 amide bonds. The summed E-state index contributed by atoms with van der Waals surface area (Å²) in [4.78, 5) is 21.5. The molecule has 0 saturated carbocycles. The predicted octanol–water partition coefficient (Wildman–Crippen LogP) is 1.28. The highest BCUT2D eigenvalue weighted by Gasteiger charge is 2.21. The van der Waals surface area contributed by atoms with E-state index in [0.29, 0.717) is 6.54 Å². The van der Waals surface area contributed by atoms with Gasteiger partial charge in [-0.3, -0.25) is 4.57 Å². The average molecular weight is 296 g/mol. The van der Waals surface area contributed by atoms with Crippen LogP contribution in [0, 0.1) is 0 Å². The van der Waals surface area contributed by atoms with E-state index in [4.69, 9.17) is 0 Å². The lowest BCUT2D eigenvalue weighted by atomic mass is 10.3. The number of aromatic amines is 1. The first kappa shape index (κ1) is 13.1. The molecule has 3 heterocycles. The zero-order valence-corrected chi connectivity index (χ0v) is 11.9. The fourth-order valence-electron chi connectivity index (χ4n) is 2.96. The third-order valence-corrected chi connectivity index (χ3v) is 4.07. The molecule has 6 heteroatoms.